The highest BCUT2D eigenvalue weighted by Crippen LogP contribution is 2.16. The minimum atomic E-state index is -0.549. The number of hydrogen-bond donors (Lipinski definition) is 2. The van der Waals surface area contributed by atoms with Crippen LogP contribution in [-0.2, 0) is 4.74 Å². The molecule has 0 aromatic carbocycles. The molecule has 1 amide bonds. The summed E-state index contributed by atoms with van der Waals surface area (Å²) in [7, 11) is 1.53. The number of ether oxygens (including phenoxy) is 1. The largest absolute Gasteiger partial charge is 0.382 e. The van der Waals surface area contributed by atoms with E-state index in [0.29, 0.717) is 17.2 Å². The SMILES string of the molecule is COCC(NC(=O)c1cnc(-c2csc(C)n2)[nH]c1=O)c1ccccn1. The standard InChI is InChI=1S/C17H17N5O3S/c1-10-20-14(9-26-10)15-19-7-11(17(24)22-15)16(23)21-13(8-25-2)12-5-3-4-6-18-12/h3-7,9,13H,8H2,1-2H3,(H,21,23)(H,19,22,24). The zero-order valence-corrected chi connectivity index (χ0v) is 15.0. The lowest BCUT2D eigenvalue weighted by Crippen LogP contribution is -2.35. The monoisotopic (exact) mass is 371 g/mol. The van der Waals surface area contributed by atoms with Crippen molar-refractivity contribution in [3.05, 3.63) is 62.6 Å². The van der Waals surface area contributed by atoms with Gasteiger partial charge in [-0.15, -0.1) is 11.3 Å². The minimum absolute atomic E-state index is 0.0854. The van der Waals surface area contributed by atoms with Crippen molar-refractivity contribution in [1.29, 1.82) is 0 Å². The van der Waals surface area contributed by atoms with Gasteiger partial charge < -0.3 is 15.0 Å². The van der Waals surface area contributed by atoms with Crippen LogP contribution in [0.4, 0.5) is 0 Å². The molecule has 3 aromatic heterocycles. The molecule has 1 atom stereocenters. The van der Waals surface area contributed by atoms with Crippen molar-refractivity contribution >= 4 is 17.2 Å². The summed E-state index contributed by atoms with van der Waals surface area (Å²) < 4.78 is 5.14. The van der Waals surface area contributed by atoms with Gasteiger partial charge in [0, 0.05) is 24.9 Å². The van der Waals surface area contributed by atoms with Crippen LogP contribution in [0.1, 0.15) is 27.1 Å². The fourth-order valence-electron chi connectivity index (χ4n) is 2.34. The Morgan fingerprint density at radius 3 is 2.85 bits per heavy atom. The van der Waals surface area contributed by atoms with E-state index in [1.165, 1.54) is 24.6 Å². The summed E-state index contributed by atoms with van der Waals surface area (Å²) in [4.78, 5) is 40.1. The van der Waals surface area contributed by atoms with Crippen molar-refractivity contribution < 1.29 is 9.53 Å². The lowest BCUT2D eigenvalue weighted by molar-refractivity contribution is 0.0892. The van der Waals surface area contributed by atoms with Crippen LogP contribution >= 0.6 is 11.3 Å². The van der Waals surface area contributed by atoms with Gasteiger partial charge in [-0.05, 0) is 19.1 Å². The average Bonchev–Trinajstić information content (AvgIpc) is 3.08. The van der Waals surface area contributed by atoms with Gasteiger partial charge in [-0.2, -0.15) is 0 Å². The van der Waals surface area contributed by atoms with Gasteiger partial charge >= 0.3 is 0 Å². The lowest BCUT2D eigenvalue weighted by Gasteiger charge is -2.17. The van der Waals surface area contributed by atoms with Crippen LogP contribution in [-0.4, -0.2) is 39.6 Å². The van der Waals surface area contributed by atoms with Crippen LogP contribution in [0.5, 0.6) is 0 Å². The first-order chi connectivity index (χ1) is 12.6. The van der Waals surface area contributed by atoms with Crippen LogP contribution in [0.25, 0.3) is 11.5 Å². The molecule has 26 heavy (non-hydrogen) atoms. The molecule has 0 fully saturated rings. The minimum Gasteiger partial charge on any atom is -0.382 e. The smallest absolute Gasteiger partial charge is 0.264 e. The van der Waals surface area contributed by atoms with E-state index in [0.717, 1.165) is 5.01 Å². The number of H-pyrrole nitrogens is 1. The number of aryl methyl sites for hydroxylation is 1. The number of thiazole rings is 1. The Morgan fingerprint density at radius 1 is 1.38 bits per heavy atom. The molecule has 0 saturated heterocycles. The number of rotatable bonds is 6. The third-order valence-electron chi connectivity index (χ3n) is 3.59. The van der Waals surface area contributed by atoms with Gasteiger partial charge in [-0.25, -0.2) is 9.97 Å². The predicted octanol–water partition coefficient (Wildman–Crippen LogP) is 1.71. The highest BCUT2D eigenvalue weighted by molar-refractivity contribution is 7.09. The molecule has 1 unspecified atom stereocenters. The first kappa shape index (κ1) is 17.9. The van der Waals surface area contributed by atoms with Gasteiger partial charge in [0.1, 0.15) is 11.3 Å². The summed E-state index contributed by atoms with van der Waals surface area (Å²) in [5.74, 6) is -0.221. The molecule has 9 heteroatoms. The lowest BCUT2D eigenvalue weighted by atomic mass is 10.2. The fourth-order valence-corrected chi connectivity index (χ4v) is 2.94. The van der Waals surface area contributed by atoms with Gasteiger partial charge in [-0.1, -0.05) is 6.07 Å². The first-order valence-corrected chi connectivity index (χ1v) is 8.69. The molecule has 0 radical (unpaired) electrons. The number of pyridine rings is 1. The van der Waals surface area contributed by atoms with Crippen LogP contribution < -0.4 is 10.9 Å². The molecule has 0 saturated carbocycles. The van der Waals surface area contributed by atoms with Crippen LogP contribution in [0, 0.1) is 6.92 Å². The second-order valence-corrected chi connectivity index (χ2v) is 6.52. The number of amides is 1. The Labute approximate surface area is 153 Å². The Balaban J connectivity index is 1.81. The molecule has 2 N–H and O–H groups in total. The van der Waals surface area contributed by atoms with E-state index in [2.05, 4.69) is 25.3 Å². The molecule has 0 spiro atoms. The van der Waals surface area contributed by atoms with E-state index in [4.69, 9.17) is 4.74 Å². The third kappa shape index (κ3) is 4.01. The summed E-state index contributed by atoms with van der Waals surface area (Å²) in [6.07, 6.45) is 2.88. The number of aromatic nitrogens is 4. The van der Waals surface area contributed by atoms with Gasteiger partial charge in [-0.3, -0.25) is 14.6 Å². The van der Waals surface area contributed by atoms with Crippen LogP contribution in [0.15, 0.2) is 40.8 Å². The molecule has 3 aromatic rings. The quantitative estimate of drug-likeness (QED) is 0.683. The number of nitrogens with zero attached hydrogens (tertiary/aromatic N) is 3. The maximum absolute atomic E-state index is 12.5. The zero-order chi connectivity index (χ0) is 18.5. The summed E-state index contributed by atoms with van der Waals surface area (Å²) >= 11 is 1.45. The van der Waals surface area contributed by atoms with E-state index < -0.39 is 17.5 Å². The fraction of sp³-hybridized carbons (Fsp3) is 0.235. The number of carbonyl (C=O) groups excluding carboxylic acids is 1. The highest BCUT2D eigenvalue weighted by atomic mass is 32.1. The van der Waals surface area contributed by atoms with Gasteiger partial charge in [0.15, 0.2) is 5.82 Å². The Morgan fingerprint density at radius 2 is 2.23 bits per heavy atom. The average molecular weight is 371 g/mol. The third-order valence-corrected chi connectivity index (χ3v) is 4.36. The topological polar surface area (TPSA) is 110 Å². The summed E-state index contributed by atoms with van der Waals surface area (Å²) in [6, 6.07) is 4.90. The van der Waals surface area contributed by atoms with Crippen molar-refractivity contribution in [1.82, 2.24) is 25.3 Å². The molecule has 0 aliphatic rings. The molecule has 0 bridgehead atoms. The van der Waals surface area contributed by atoms with E-state index in [1.54, 1.807) is 23.7 Å². The number of nitrogens with one attached hydrogen (secondary N) is 2. The molecule has 3 heterocycles. The van der Waals surface area contributed by atoms with Crippen molar-refractivity contribution in [3.63, 3.8) is 0 Å². The highest BCUT2D eigenvalue weighted by Gasteiger charge is 2.19. The Hall–Kier alpha value is -2.91. The van der Waals surface area contributed by atoms with Crippen LogP contribution in [0.3, 0.4) is 0 Å². The number of methoxy groups -OCH3 is 1. The normalized spacial score (nSPS) is 11.9. The molecular formula is C17H17N5O3S. The molecular weight excluding hydrogens is 354 g/mol. The van der Waals surface area contributed by atoms with E-state index in [-0.39, 0.29) is 12.2 Å². The number of carbonyl (C=O) groups is 1. The summed E-state index contributed by atoms with van der Waals surface area (Å²) in [5, 5.41) is 5.41. The summed E-state index contributed by atoms with van der Waals surface area (Å²) in [5.41, 5.74) is 0.594. The molecule has 0 aliphatic heterocycles. The van der Waals surface area contributed by atoms with Crippen molar-refractivity contribution in [2.45, 2.75) is 13.0 Å². The Kier molecular flexibility index (Phi) is 5.49. The first-order valence-electron chi connectivity index (χ1n) is 7.81. The molecule has 3 rings (SSSR count). The number of aromatic amines is 1. The van der Waals surface area contributed by atoms with E-state index in [1.807, 2.05) is 13.0 Å². The van der Waals surface area contributed by atoms with Crippen molar-refractivity contribution in [2.24, 2.45) is 0 Å². The predicted molar refractivity (Wildman–Crippen MR) is 97.0 cm³/mol. The van der Waals surface area contributed by atoms with Gasteiger partial charge in [0.2, 0.25) is 0 Å². The van der Waals surface area contributed by atoms with E-state index >= 15 is 0 Å². The van der Waals surface area contributed by atoms with Crippen molar-refractivity contribution in [2.75, 3.05) is 13.7 Å². The Bertz CT molecular complexity index is 954. The second-order valence-electron chi connectivity index (χ2n) is 5.46. The number of hydrogen-bond acceptors (Lipinski definition) is 7. The summed E-state index contributed by atoms with van der Waals surface area (Å²) in [6.45, 7) is 2.09. The van der Waals surface area contributed by atoms with Crippen molar-refractivity contribution in [3.8, 4) is 11.5 Å². The van der Waals surface area contributed by atoms with E-state index in [9.17, 15) is 9.59 Å². The van der Waals surface area contributed by atoms with Crippen LogP contribution in [0.2, 0.25) is 0 Å². The molecule has 134 valence electrons. The maximum atomic E-state index is 12.5. The molecule has 8 nitrogen and oxygen atoms in total. The zero-order valence-electron chi connectivity index (χ0n) is 14.2. The van der Waals surface area contributed by atoms with Gasteiger partial charge in [0.25, 0.3) is 11.5 Å². The molecule has 0 aliphatic carbocycles. The maximum Gasteiger partial charge on any atom is 0.264 e. The van der Waals surface area contributed by atoms with Gasteiger partial charge in [0.05, 0.1) is 23.4 Å². The second kappa shape index (κ2) is 7.98.